The fourth-order valence-corrected chi connectivity index (χ4v) is 3.48. The monoisotopic (exact) mass is 423 g/mol. The molecule has 0 aliphatic heterocycles. The molecule has 0 fully saturated rings. The average molecular weight is 424 g/mol. The Bertz CT molecular complexity index is 1110. The number of aromatic nitrogens is 2. The molecule has 7 heteroatoms. The van der Waals surface area contributed by atoms with Gasteiger partial charge in [-0.15, -0.1) is 0 Å². The number of para-hydroxylation sites is 2. The first-order valence-electron chi connectivity index (χ1n) is 10.6. The number of nitrogens with one attached hydrogen (secondary N) is 1. The maximum Gasteiger partial charge on any atom is 0.329 e. The number of hydrogen-bond acceptors (Lipinski definition) is 4. The molecule has 0 saturated heterocycles. The van der Waals surface area contributed by atoms with E-state index in [0.717, 1.165) is 28.6 Å². The number of carbonyl (C=O) groups excluding carboxylic acids is 2. The summed E-state index contributed by atoms with van der Waals surface area (Å²) in [6.45, 7) is 6.75. The fourth-order valence-electron chi connectivity index (χ4n) is 3.48. The maximum absolute atomic E-state index is 12.8. The van der Waals surface area contributed by atoms with Crippen LogP contribution in [0, 0.1) is 6.92 Å². The zero-order valence-corrected chi connectivity index (χ0v) is 18.3. The van der Waals surface area contributed by atoms with Gasteiger partial charge in [-0.25, -0.2) is 4.79 Å². The predicted octanol–water partition coefficient (Wildman–Crippen LogP) is 3.16. The summed E-state index contributed by atoms with van der Waals surface area (Å²) in [5.41, 5.74) is 3.62. The number of carbonyl (C=O) groups is 2. The first kappa shape index (κ1) is 22.3. The van der Waals surface area contributed by atoms with Gasteiger partial charge >= 0.3 is 11.7 Å². The third-order valence-electron chi connectivity index (χ3n) is 5.18. The molecular formula is C24H29N3O4. The van der Waals surface area contributed by atoms with Gasteiger partial charge in [0.05, 0.1) is 17.5 Å². The van der Waals surface area contributed by atoms with Crippen molar-refractivity contribution in [3.63, 3.8) is 0 Å². The van der Waals surface area contributed by atoms with E-state index in [4.69, 9.17) is 4.74 Å². The topological polar surface area (TPSA) is 82.3 Å². The molecule has 0 aliphatic carbocycles. The highest BCUT2D eigenvalue weighted by Gasteiger charge is 2.19. The second kappa shape index (κ2) is 10.1. The number of ether oxygens (including phenoxy) is 1. The van der Waals surface area contributed by atoms with Crippen LogP contribution >= 0.6 is 0 Å². The van der Waals surface area contributed by atoms with Crippen molar-refractivity contribution in [1.82, 2.24) is 14.5 Å². The van der Waals surface area contributed by atoms with Crippen molar-refractivity contribution in [3.8, 4) is 0 Å². The van der Waals surface area contributed by atoms with Gasteiger partial charge < -0.3 is 10.1 Å². The van der Waals surface area contributed by atoms with Crippen molar-refractivity contribution in [2.24, 2.45) is 0 Å². The van der Waals surface area contributed by atoms with Gasteiger partial charge in [-0.1, -0.05) is 48.9 Å². The van der Waals surface area contributed by atoms with Crippen LogP contribution in [-0.4, -0.2) is 27.1 Å². The Balaban J connectivity index is 1.56. The van der Waals surface area contributed by atoms with Crippen LogP contribution in [0.4, 0.5) is 0 Å². The van der Waals surface area contributed by atoms with Gasteiger partial charge in [-0.3, -0.25) is 18.7 Å². The molecule has 1 heterocycles. The van der Waals surface area contributed by atoms with Crippen LogP contribution in [0.2, 0.25) is 0 Å². The highest BCUT2D eigenvalue weighted by molar-refractivity contribution is 5.83. The van der Waals surface area contributed by atoms with E-state index in [-0.39, 0.29) is 24.6 Å². The van der Waals surface area contributed by atoms with Crippen molar-refractivity contribution in [1.29, 1.82) is 0 Å². The van der Waals surface area contributed by atoms with Crippen molar-refractivity contribution in [3.05, 3.63) is 70.1 Å². The van der Waals surface area contributed by atoms with E-state index in [1.165, 1.54) is 0 Å². The maximum atomic E-state index is 12.8. The molecule has 0 unspecified atom stereocenters. The Morgan fingerprint density at radius 3 is 2.23 bits per heavy atom. The van der Waals surface area contributed by atoms with E-state index in [1.807, 2.05) is 62.4 Å². The molecule has 0 spiro atoms. The van der Waals surface area contributed by atoms with E-state index in [1.54, 1.807) is 16.1 Å². The fraction of sp³-hybridized carbons (Fsp3) is 0.375. The number of amides is 1. The molecular weight excluding hydrogens is 394 g/mol. The molecule has 31 heavy (non-hydrogen) atoms. The predicted molar refractivity (Wildman–Crippen MR) is 120 cm³/mol. The number of aryl methyl sites for hydroxylation is 3. The lowest BCUT2D eigenvalue weighted by molar-refractivity contribution is -0.155. The highest BCUT2D eigenvalue weighted by atomic mass is 16.5. The standard InChI is InChI=1S/C24H29N3O4/c1-4-14-26-20-7-5-6-8-21(20)27(24(26)30)15-13-22(28)31-18(3)23(29)25-16-19-11-9-17(2)10-12-19/h5-12,18H,4,13-16H2,1-3H3,(H,25,29)/t18-/m0/s1. The lowest BCUT2D eigenvalue weighted by atomic mass is 10.1. The normalized spacial score (nSPS) is 12.0. The second-order valence-corrected chi connectivity index (χ2v) is 7.66. The molecule has 1 amide bonds. The summed E-state index contributed by atoms with van der Waals surface area (Å²) in [5.74, 6) is -0.872. The molecule has 0 radical (unpaired) electrons. The molecule has 164 valence electrons. The van der Waals surface area contributed by atoms with Gasteiger partial charge in [0.1, 0.15) is 0 Å². The third-order valence-corrected chi connectivity index (χ3v) is 5.18. The minimum atomic E-state index is -0.906. The van der Waals surface area contributed by atoms with Gasteiger partial charge in [-0.05, 0) is 38.0 Å². The van der Waals surface area contributed by atoms with Crippen LogP contribution in [-0.2, 0) is 34.0 Å². The largest absolute Gasteiger partial charge is 0.452 e. The number of imidazole rings is 1. The first-order valence-corrected chi connectivity index (χ1v) is 10.6. The molecule has 0 saturated carbocycles. The number of nitrogens with zero attached hydrogens (tertiary/aromatic N) is 2. The second-order valence-electron chi connectivity index (χ2n) is 7.66. The van der Waals surface area contributed by atoms with Crippen LogP contribution in [0.1, 0.15) is 37.8 Å². The Hall–Kier alpha value is -3.35. The minimum absolute atomic E-state index is 0.00955. The van der Waals surface area contributed by atoms with Crippen molar-refractivity contribution in [2.45, 2.75) is 59.4 Å². The van der Waals surface area contributed by atoms with Crippen molar-refractivity contribution >= 4 is 22.9 Å². The molecule has 0 bridgehead atoms. The zero-order chi connectivity index (χ0) is 22.4. The average Bonchev–Trinajstić information content (AvgIpc) is 3.03. The summed E-state index contributed by atoms with van der Waals surface area (Å²) in [6, 6.07) is 15.4. The highest BCUT2D eigenvalue weighted by Crippen LogP contribution is 2.14. The summed E-state index contributed by atoms with van der Waals surface area (Å²) < 4.78 is 8.59. The van der Waals surface area contributed by atoms with Crippen molar-refractivity contribution < 1.29 is 14.3 Å². The van der Waals surface area contributed by atoms with Gasteiger partial charge in [0.2, 0.25) is 0 Å². The Kier molecular flexibility index (Phi) is 7.28. The summed E-state index contributed by atoms with van der Waals surface area (Å²) in [5, 5.41) is 2.77. The van der Waals surface area contributed by atoms with E-state index < -0.39 is 12.1 Å². The Labute approximate surface area is 181 Å². The van der Waals surface area contributed by atoms with Crippen LogP contribution in [0.15, 0.2) is 53.3 Å². The quantitative estimate of drug-likeness (QED) is 0.536. The molecule has 7 nitrogen and oxygen atoms in total. The zero-order valence-electron chi connectivity index (χ0n) is 18.3. The lowest BCUT2D eigenvalue weighted by Crippen LogP contribution is -2.35. The Morgan fingerprint density at radius 1 is 1.00 bits per heavy atom. The van der Waals surface area contributed by atoms with Crippen LogP contribution in [0.25, 0.3) is 11.0 Å². The first-order chi connectivity index (χ1) is 14.9. The van der Waals surface area contributed by atoms with E-state index in [0.29, 0.717) is 13.1 Å². The van der Waals surface area contributed by atoms with Gasteiger partial charge in [0.25, 0.3) is 5.91 Å². The molecule has 3 rings (SSSR count). The summed E-state index contributed by atoms with van der Waals surface area (Å²) in [6.07, 6.45) is -0.0584. The van der Waals surface area contributed by atoms with Crippen LogP contribution in [0.3, 0.4) is 0 Å². The SMILES string of the molecule is CCCn1c(=O)n(CCC(=O)O[C@@H](C)C(=O)NCc2ccc(C)cc2)c2ccccc21. The molecule has 1 aromatic heterocycles. The van der Waals surface area contributed by atoms with Crippen molar-refractivity contribution in [2.75, 3.05) is 0 Å². The Morgan fingerprint density at radius 2 is 1.61 bits per heavy atom. The van der Waals surface area contributed by atoms with E-state index in [9.17, 15) is 14.4 Å². The molecule has 0 aliphatic rings. The lowest BCUT2D eigenvalue weighted by Gasteiger charge is -2.14. The van der Waals surface area contributed by atoms with Gasteiger partial charge in [0.15, 0.2) is 6.10 Å². The summed E-state index contributed by atoms with van der Waals surface area (Å²) in [4.78, 5) is 37.3. The summed E-state index contributed by atoms with van der Waals surface area (Å²) >= 11 is 0. The molecule has 1 atom stereocenters. The number of rotatable bonds is 9. The smallest absolute Gasteiger partial charge is 0.329 e. The van der Waals surface area contributed by atoms with Gasteiger partial charge in [-0.2, -0.15) is 0 Å². The van der Waals surface area contributed by atoms with Crippen LogP contribution < -0.4 is 11.0 Å². The van der Waals surface area contributed by atoms with E-state index in [2.05, 4.69) is 5.32 Å². The number of fused-ring (bicyclic) bond motifs is 1. The number of benzene rings is 2. The number of esters is 1. The minimum Gasteiger partial charge on any atom is -0.452 e. The molecule has 1 N–H and O–H groups in total. The molecule has 3 aromatic rings. The number of hydrogen-bond donors (Lipinski definition) is 1. The molecule has 2 aromatic carbocycles. The van der Waals surface area contributed by atoms with E-state index >= 15 is 0 Å². The van der Waals surface area contributed by atoms with Crippen LogP contribution in [0.5, 0.6) is 0 Å². The third kappa shape index (κ3) is 5.42. The summed E-state index contributed by atoms with van der Waals surface area (Å²) in [7, 11) is 0. The van der Waals surface area contributed by atoms with Gasteiger partial charge in [0, 0.05) is 19.6 Å².